The van der Waals surface area contributed by atoms with E-state index in [1.807, 2.05) is 50.2 Å². The van der Waals surface area contributed by atoms with Gasteiger partial charge in [0.1, 0.15) is 18.2 Å². The average molecular weight is 526 g/mol. The van der Waals surface area contributed by atoms with E-state index in [0.717, 1.165) is 10.4 Å². The van der Waals surface area contributed by atoms with E-state index in [4.69, 9.17) is 0 Å². The molecule has 3 amide bonds. The highest BCUT2D eigenvalue weighted by molar-refractivity contribution is 7.17. The van der Waals surface area contributed by atoms with Gasteiger partial charge in [-0.05, 0) is 42.4 Å². The van der Waals surface area contributed by atoms with Crippen LogP contribution in [-0.4, -0.2) is 75.7 Å². The molecular formula is C28H35N3O5S. The van der Waals surface area contributed by atoms with Gasteiger partial charge in [0.15, 0.2) is 5.78 Å². The first kappa shape index (κ1) is 27.0. The van der Waals surface area contributed by atoms with E-state index in [1.54, 1.807) is 19.9 Å². The third-order valence-electron chi connectivity index (χ3n) is 7.07. The molecular weight excluding hydrogens is 490 g/mol. The SMILES string of the molecule is CC(C)CC(NC(=O)c1ccc(-c2ccccc2)s1)C(=O)N1CCC2C1C(=O)CN2C(=O)C(O)C(C)C. The van der Waals surface area contributed by atoms with E-state index in [9.17, 15) is 24.3 Å². The molecule has 198 valence electrons. The predicted octanol–water partition coefficient (Wildman–Crippen LogP) is 2.96. The summed E-state index contributed by atoms with van der Waals surface area (Å²) in [6.45, 7) is 7.66. The highest BCUT2D eigenvalue weighted by atomic mass is 32.1. The standard InChI is InChI=1S/C28H35N3O5S/c1-16(2)14-19(29-26(34)23-11-10-22(37-23)18-8-6-5-7-9-18)27(35)30-13-12-20-24(30)21(32)15-31(20)28(36)25(33)17(3)4/h5-11,16-17,19-20,24-25,33H,12-15H2,1-4H3,(H,29,34). The highest BCUT2D eigenvalue weighted by Crippen LogP contribution is 2.32. The zero-order valence-electron chi connectivity index (χ0n) is 21.7. The summed E-state index contributed by atoms with van der Waals surface area (Å²) in [5, 5.41) is 13.2. The Kier molecular flexibility index (Phi) is 8.14. The second-order valence-electron chi connectivity index (χ2n) is 10.6. The Hall–Kier alpha value is -3.04. The lowest BCUT2D eigenvalue weighted by Crippen LogP contribution is -2.53. The Balaban J connectivity index is 1.49. The van der Waals surface area contributed by atoms with Gasteiger partial charge in [0.05, 0.1) is 17.5 Å². The van der Waals surface area contributed by atoms with Crippen molar-refractivity contribution >= 4 is 34.8 Å². The normalized spacial score (nSPS) is 20.9. The molecule has 4 rings (SSSR count). The summed E-state index contributed by atoms with van der Waals surface area (Å²) < 4.78 is 0. The van der Waals surface area contributed by atoms with Gasteiger partial charge in [-0.25, -0.2) is 0 Å². The fourth-order valence-corrected chi connectivity index (χ4v) is 6.07. The van der Waals surface area contributed by atoms with E-state index in [2.05, 4.69) is 5.32 Å². The number of carbonyl (C=O) groups excluding carboxylic acids is 4. The molecule has 4 atom stereocenters. The van der Waals surface area contributed by atoms with Gasteiger partial charge in [-0.1, -0.05) is 58.0 Å². The lowest BCUT2D eigenvalue weighted by Gasteiger charge is -2.29. The molecule has 2 fully saturated rings. The van der Waals surface area contributed by atoms with E-state index < -0.39 is 30.1 Å². The second-order valence-corrected chi connectivity index (χ2v) is 11.7. The van der Waals surface area contributed by atoms with Crippen LogP contribution in [0.15, 0.2) is 42.5 Å². The minimum atomic E-state index is -1.18. The summed E-state index contributed by atoms with van der Waals surface area (Å²) in [5.74, 6) is -1.44. The van der Waals surface area contributed by atoms with Crippen LogP contribution in [0.5, 0.6) is 0 Å². The molecule has 3 heterocycles. The summed E-state index contributed by atoms with van der Waals surface area (Å²) in [6.07, 6.45) is -0.291. The number of nitrogens with one attached hydrogen (secondary N) is 1. The number of carbonyl (C=O) groups is 4. The Labute approximate surface area is 221 Å². The minimum absolute atomic E-state index is 0.111. The zero-order chi connectivity index (χ0) is 26.9. The molecule has 8 nitrogen and oxygen atoms in total. The second kappa shape index (κ2) is 11.1. The van der Waals surface area contributed by atoms with E-state index in [-0.39, 0.29) is 36.0 Å². The summed E-state index contributed by atoms with van der Waals surface area (Å²) in [4.78, 5) is 57.0. The smallest absolute Gasteiger partial charge is 0.262 e. The summed E-state index contributed by atoms with van der Waals surface area (Å²) in [7, 11) is 0. The van der Waals surface area contributed by atoms with Crippen molar-refractivity contribution in [1.29, 1.82) is 0 Å². The number of aliphatic hydroxyl groups excluding tert-OH is 1. The maximum atomic E-state index is 13.7. The van der Waals surface area contributed by atoms with Crippen LogP contribution in [0, 0.1) is 11.8 Å². The van der Waals surface area contributed by atoms with Crippen LogP contribution in [-0.2, 0) is 14.4 Å². The number of Topliss-reactive ketones (excluding diaryl/α,β-unsaturated/α-hetero) is 1. The molecule has 2 aliphatic rings. The Morgan fingerprint density at radius 3 is 2.38 bits per heavy atom. The van der Waals surface area contributed by atoms with Crippen molar-refractivity contribution in [2.75, 3.05) is 13.1 Å². The van der Waals surface area contributed by atoms with E-state index in [1.165, 1.54) is 21.1 Å². The van der Waals surface area contributed by atoms with Gasteiger partial charge in [-0.15, -0.1) is 11.3 Å². The number of likely N-dealkylation sites (tertiary alicyclic amines) is 2. The van der Waals surface area contributed by atoms with E-state index in [0.29, 0.717) is 24.3 Å². The molecule has 1 aromatic heterocycles. The van der Waals surface area contributed by atoms with Gasteiger partial charge in [-0.3, -0.25) is 19.2 Å². The van der Waals surface area contributed by atoms with Gasteiger partial charge in [0.25, 0.3) is 11.8 Å². The van der Waals surface area contributed by atoms with Crippen molar-refractivity contribution in [3.05, 3.63) is 47.3 Å². The van der Waals surface area contributed by atoms with Gasteiger partial charge in [-0.2, -0.15) is 0 Å². The molecule has 2 aliphatic heterocycles. The molecule has 0 bridgehead atoms. The maximum Gasteiger partial charge on any atom is 0.262 e. The Morgan fingerprint density at radius 1 is 1.03 bits per heavy atom. The van der Waals surface area contributed by atoms with Crippen LogP contribution in [0.2, 0.25) is 0 Å². The highest BCUT2D eigenvalue weighted by Gasteiger charge is 2.53. The largest absolute Gasteiger partial charge is 0.383 e. The van der Waals surface area contributed by atoms with Crippen LogP contribution < -0.4 is 5.32 Å². The van der Waals surface area contributed by atoms with Crippen molar-refractivity contribution < 1.29 is 24.3 Å². The molecule has 9 heteroatoms. The summed E-state index contributed by atoms with van der Waals surface area (Å²) in [6, 6.07) is 11.5. The van der Waals surface area contributed by atoms with Crippen molar-refractivity contribution in [1.82, 2.24) is 15.1 Å². The van der Waals surface area contributed by atoms with Crippen LogP contribution >= 0.6 is 11.3 Å². The third-order valence-corrected chi connectivity index (χ3v) is 8.20. The van der Waals surface area contributed by atoms with Crippen LogP contribution in [0.25, 0.3) is 10.4 Å². The van der Waals surface area contributed by atoms with Crippen molar-refractivity contribution in [3.63, 3.8) is 0 Å². The number of benzene rings is 1. The third kappa shape index (κ3) is 5.62. The Morgan fingerprint density at radius 2 is 1.73 bits per heavy atom. The molecule has 0 radical (unpaired) electrons. The van der Waals surface area contributed by atoms with Crippen molar-refractivity contribution in [3.8, 4) is 10.4 Å². The summed E-state index contributed by atoms with van der Waals surface area (Å²) >= 11 is 1.36. The monoisotopic (exact) mass is 525 g/mol. The average Bonchev–Trinajstić information content (AvgIpc) is 3.60. The van der Waals surface area contributed by atoms with Gasteiger partial charge >= 0.3 is 0 Å². The number of ketones is 1. The first-order valence-corrected chi connectivity index (χ1v) is 13.7. The number of nitrogens with zero attached hydrogens (tertiary/aromatic N) is 2. The lowest BCUT2D eigenvalue weighted by molar-refractivity contribution is -0.144. The quantitative estimate of drug-likeness (QED) is 0.551. The fourth-order valence-electron chi connectivity index (χ4n) is 5.15. The number of fused-ring (bicyclic) bond motifs is 1. The first-order chi connectivity index (χ1) is 17.6. The van der Waals surface area contributed by atoms with Gasteiger partial charge in [0, 0.05) is 11.4 Å². The number of hydrogen-bond donors (Lipinski definition) is 2. The molecule has 37 heavy (non-hydrogen) atoms. The van der Waals surface area contributed by atoms with Crippen molar-refractivity contribution in [2.45, 2.75) is 64.8 Å². The van der Waals surface area contributed by atoms with Gasteiger partial charge < -0.3 is 20.2 Å². The number of hydrogen-bond acceptors (Lipinski definition) is 6. The predicted molar refractivity (Wildman–Crippen MR) is 142 cm³/mol. The van der Waals surface area contributed by atoms with Crippen molar-refractivity contribution in [2.24, 2.45) is 11.8 Å². The fraction of sp³-hybridized carbons (Fsp3) is 0.500. The molecule has 0 saturated carbocycles. The summed E-state index contributed by atoms with van der Waals surface area (Å²) in [5.41, 5.74) is 1.02. The number of thiophene rings is 1. The molecule has 2 aromatic rings. The Bertz CT molecular complexity index is 1160. The number of amides is 3. The first-order valence-electron chi connectivity index (χ1n) is 12.9. The number of rotatable bonds is 8. The molecule has 0 spiro atoms. The molecule has 4 unspecified atom stereocenters. The zero-order valence-corrected chi connectivity index (χ0v) is 22.5. The van der Waals surface area contributed by atoms with E-state index >= 15 is 0 Å². The molecule has 1 aromatic carbocycles. The minimum Gasteiger partial charge on any atom is -0.383 e. The molecule has 0 aliphatic carbocycles. The van der Waals surface area contributed by atoms with Crippen LogP contribution in [0.1, 0.15) is 50.2 Å². The van der Waals surface area contributed by atoms with Gasteiger partial charge in [0.2, 0.25) is 5.91 Å². The van der Waals surface area contributed by atoms with Crippen LogP contribution in [0.3, 0.4) is 0 Å². The number of aliphatic hydroxyl groups is 1. The van der Waals surface area contributed by atoms with Crippen LogP contribution in [0.4, 0.5) is 0 Å². The maximum absolute atomic E-state index is 13.7. The molecule has 2 saturated heterocycles. The lowest BCUT2D eigenvalue weighted by atomic mass is 10.0. The topological polar surface area (TPSA) is 107 Å². The molecule has 2 N–H and O–H groups in total.